The van der Waals surface area contributed by atoms with Crippen LogP contribution in [0.25, 0.3) is 21.9 Å². The van der Waals surface area contributed by atoms with Gasteiger partial charge in [0.25, 0.3) is 0 Å². The number of hydrogen-bond acceptors (Lipinski definition) is 4. The number of benzene rings is 1. The Morgan fingerprint density at radius 1 is 1.19 bits per heavy atom. The van der Waals surface area contributed by atoms with Gasteiger partial charge in [0.1, 0.15) is 23.6 Å². The molecule has 2 unspecified atom stereocenters. The van der Waals surface area contributed by atoms with E-state index in [1.807, 2.05) is 13.0 Å². The SMILES string of the molecule is Cc1ncnc2c1ccn2C1C=C(CCc2cc(F)c3cc(Cl)c(N)nc3c2)C(C)C1. The Morgan fingerprint density at radius 3 is 2.87 bits per heavy atom. The number of hydrogen-bond donors (Lipinski definition) is 1. The van der Waals surface area contributed by atoms with Gasteiger partial charge in [-0.05, 0) is 61.9 Å². The van der Waals surface area contributed by atoms with Crippen LogP contribution in [0.3, 0.4) is 0 Å². The Balaban J connectivity index is 1.39. The first kappa shape index (κ1) is 19.9. The Labute approximate surface area is 184 Å². The molecule has 2 atom stereocenters. The van der Waals surface area contributed by atoms with E-state index in [0.717, 1.165) is 41.6 Å². The largest absolute Gasteiger partial charge is 0.382 e. The Hall–Kier alpha value is -2.99. The molecule has 5 rings (SSSR count). The van der Waals surface area contributed by atoms with Crippen LogP contribution in [-0.2, 0) is 6.42 Å². The van der Waals surface area contributed by atoms with Gasteiger partial charge in [0.15, 0.2) is 0 Å². The molecule has 5 nitrogen and oxygen atoms in total. The summed E-state index contributed by atoms with van der Waals surface area (Å²) in [7, 11) is 0. The minimum Gasteiger partial charge on any atom is -0.382 e. The van der Waals surface area contributed by atoms with Crippen molar-refractivity contribution in [3.05, 3.63) is 70.5 Å². The second kappa shape index (κ2) is 7.61. The predicted octanol–water partition coefficient (Wildman–Crippen LogP) is 5.80. The van der Waals surface area contributed by atoms with Crippen molar-refractivity contribution in [2.45, 2.75) is 39.2 Å². The molecule has 0 aliphatic heterocycles. The van der Waals surface area contributed by atoms with Crippen LogP contribution in [0.15, 0.2) is 48.4 Å². The lowest BCUT2D eigenvalue weighted by molar-refractivity contribution is 0.525. The first-order chi connectivity index (χ1) is 14.9. The van der Waals surface area contributed by atoms with Gasteiger partial charge < -0.3 is 10.3 Å². The number of fused-ring (bicyclic) bond motifs is 2. The van der Waals surface area contributed by atoms with E-state index in [2.05, 4.69) is 44.8 Å². The number of allylic oxidation sites excluding steroid dienone is 2. The molecule has 0 bridgehead atoms. The number of nitrogens with two attached hydrogens (primary N) is 1. The predicted molar refractivity (Wildman–Crippen MR) is 123 cm³/mol. The Kier molecular flexibility index (Phi) is 4.89. The molecular weight excluding hydrogens is 413 g/mol. The van der Waals surface area contributed by atoms with Crippen LogP contribution in [0.5, 0.6) is 0 Å². The van der Waals surface area contributed by atoms with Gasteiger partial charge in [-0.1, -0.05) is 30.2 Å². The normalized spacial score (nSPS) is 18.8. The molecule has 0 amide bonds. The molecule has 0 spiro atoms. The highest BCUT2D eigenvalue weighted by Gasteiger charge is 2.25. The van der Waals surface area contributed by atoms with Gasteiger partial charge in [0, 0.05) is 17.0 Å². The van der Waals surface area contributed by atoms with Crippen LogP contribution in [-0.4, -0.2) is 19.5 Å². The Morgan fingerprint density at radius 2 is 2.03 bits per heavy atom. The third-order valence-electron chi connectivity index (χ3n) is 6.33. The number of aryl methyl sites for hydroxylation is 2. The molecule has 3 aromatic heterocycles. The molecule has 4 aromatic rings. The third kappa shape index (κ3) is 3.55. The van der Waals surface area contributed by atoms with Crippen molar-refractivity contribution in [2.24, 2.45) is 5.92 Å². The molecular formula is C24H23ClFN5. The second-order valence-corrected chi connectivity index (χ2v) is 8.77. The quantitative estimate of drug-likeness (QED) is 0.411. The number of aromatic nitrogens is 4. The minimum absolute atomic E-state index is 0.221. The highest BCUT2D eigenvalue weighted by Crippen LogP contribution is 2.37. The van der Waals surface area contributed by atoms with Gasteiger partial charge in [0.05, 0.1) is 22.3 Å². The maximum atomic E-state index is 14.6. The molecule has 0 radical (unpaired) electrons. The molecule has 158 valence electrons. The molecule has 2 N–H and O–H groups in total. The van der Waals surface area contributed by atoms with Gasteiger partial charge in [-0.3, -0.25) is 0 Å². The molecule has 1 aliphatic carbocycles. The van der Waals surface area contributed by atoms with Crippen molar-refractivity contribution in [3.8, 4) is 0 Å². The molecule has 1 aliphatic rings. The topological polar surface area (TPSA) is 69.6 Å². The summed E-state index contributed by atoms with van der Waals surface area (Å²) in [6.07, 6.45) is 8.72. The number of rotatable bonds is 4. The maximum Gasteiger partial charge on any atom is 0.144 e. The van der Waals surface area contributed by atoms with Crippen LogP contribution in [0.4, 0.5) is 10.2 Å². The molecule has 0 saturated heterocycles. The molecule has 0 saturated carbocycles. The van der Waals surface area contributed by atoms with Gasteiger partial charge in [-0.15, -0.1) is 0 Å². The lowest BCUT2D eigenvalue weighted by Crippen LogP contribution is -2.05. The van der Waals surface area contributed by atoms with E-state index in [9.17, 15) is 4.39 Å². The summed E-state index contributed by atoms with van der Waals surface area (Å²) >= 11 is 5.99. The fourth-order valence-corrected chi connectivity index (χ4v) is 4.74. The third-order valence-corrected chi connectivity index (χ3v) is 6.63. The van der Waals surface area contributed by atoms with Crippen LogP contribution >= 0.6 is 11.6 Å². The van der Waals surface area contributed by atoms with Gasteiger partial charge >= 0.3 is 0 Å². The van der Waals surface area contributed by atoms with Crippen molar-refractivity contribution >= 4 is 39.4 Å². The first-order valence-corrected chi connectivity index (χ1v) is 10.8. The lowest BCUT2D eigenvalue weighted by Gasteiger charge is -2.13. The van der Waals surface area contributed by atoms with E-state index in [-0.39, 0.29) is 22.7 Å². The Bertz CT molecular complexity index is 1340. The molecule has 3 heterocycles. The van der Waals surface area contributed by atoms with Crippen LogP contribution in [0.1, 0.15) is 37.1 Å². The van der Waals surface area contributed by atoms with Crippen molar-refractivity contribution in [1.29, 1.82) is 0 Å². The zero-order chi connectivity index (χ0) is 21.7. The van der Waals surface area contributed by atoms with Gasteiger partial charge in [0.2, 0.25) is 0 Å². The van der Waals surface area contributed by atoms with E-state index in [1.54, 1.807) is 12.4 Å². The summed E-state index contributed by atoms with van der Waals surface area (Å²) in [4.78, 5) is 13.0. The number of pyridine rings is 1. The molecule has 1 aromatic carbocycles. The van der Waals surface area contributed by atoms with E-state index in [4.69, 9.17) is 17.3 Å². The fraction of sp³-hybridized carbons (Fsp3) is 0.292. The van der Waals surface area contributed by atoms with Crippen molar-refractivity contribution in [1.82, 2.24) is 19.5 Å². The smallest absolute Gasteiger partial charge is 0.144 e. The average molecular weight is 436 g/mol. The summed E-state index contributed by atoms with van der Waals surface area (Å²) in [5.74, 6) is 0.365. The molecule has 7 heteroatoms. The highest BCUT2D eigenvalue weighted by atomic mass is 35.5. The van der Waals surface area contributed by atoms with Crippen LogP contribution in [0, 0.1) is 18.7 Å². The lowest BCUT2D eigenvalue weighted by atomic mass is 9.96. The van der Waals surface area contributed by atoms with E-state index < -0.39 is 0 Å². The number of halogens is 2. The highest BCUT2D eigenvalue weighted by molar-refractivity contribution is 6.33. The zero-order valence-corrected chi connectivity index (χ0v) is 18.2. The van der Waals surface area contributed by atoms with E-state index in [1.165, 1.54) is 11.6 Å². The van der Waals surface area contributed by atoms with Crippen LogP contribution in [0.2, 0.25) is 5.02 Å². The minimum atomic E-state index is -0.318. The van der Waals surface area contributed by atoms with E-state index in [0.29, 0.717) is 16.8 Å². The first-order valence-electron chi connectivity index (χ1n) is 10.4. The summed E-state index contributed by atoms with van der Waals surface area (Å²) < 4.78 is 16.8. The number of nitrogens with zero attached hydrogens (tertiary/aromatic N) is 4. The van der Waals surface area contributed by atoms with Crippen LogP contribution < -0.4 is 5.73 Å². The van der Waals surface area contributed by atoms with Gasteiger partial charge in [-0.25, -0.2) is 19.3 Å². The maximum absolute atomic E-state index is 14.6. The standard InChI is InChI=1S/C24H23ClFN5/c1-13-7-17(31-6-5-18-14(2)28-12-29-24(18)31)10-16(13)4-3-15-8-21(26)19-11-20(25)23(27)30-22(19)9-15/h5-6,8-13,17H,3-4,7H2,1-2H3,(H2,27,30). The van der Waals surface area contributed by atoms with E-state index >= 15 is 0 Å². The van der Waals surface area contributed by atoms with Crippen molar-refractivity contribution < 1.29 is 4.39 Å². The summed E-state index contributed by atoms with van der Waals surface area (Å²) in [6.45, 7) is 4.26. The van der Waals surface area contributed by atoms with Crippen molar-refractivity contribution in [2.75, 3.05) is 5.73 Å². The van der Waals surface area contributed by atoms with Crippen molar-refractivity contribution in [3.63, 3.8) is 0 Å². The second-order valence-electron chi connectivity index (χ2n) is 8.36. The molecule has 31 heavy (non-hydrogen) atoms. The molecule has 0 fully saturated rings. The fourth-order valence-electron chi connectivity index (χ4n) is 4.59. The summed E-state index contributed by atoms with van der Waals surface area (Å²) in [5.41, 5.74) is 10.6. The number of anilines is 1. The zero-order valence-electron chi connectivity index (χ0n) is 17.4. The monoisotopic (exact) mass is 435 g/mol. The summed E-state index contributed by atoms with van der Waals surface area (Å²) in [6, 6.07) is 7.38. The van der Waals surface area contributed by atoms with Gasteiger partial charge in [-0.2, -0.15) is 0 Å². The average Bonchev–Trinajstić information content (AvgIpc) is 3.32. The summed E-state index contributed by atoms with van der Waals surface area (Å²) in [5, 5.41) is 1.76. The number of nitrogen functional groups attached to an aromatic ring is 1.